The Hall–Kier alpha value is -1.96. The van der Waals surface area contributed by atoms with Crippen molar-refractivity contribution in [1.82, 2.24) is 10.6 Å². The number of rotatable bonds is 27. The zero-order valence-electron chi connectivity index (χ0n) is 27.2. The summed E-state index contributed by atoms with van der Waals surface area (Å²) in [7, 11) is 0. The molecule has 41 heavy (non-hydrogen) atoms. The number of aliphatic carboxylic acids is 1. The first-order valence-electron chi connectivity index (χ1n) is 16.2. The highest BCUT2D eigenvalue weighted by atomic mass is 16.5. The molecule has 0 aromatic rings. The van der Waals surface area contributed by atoms with Crippen molar-refractivity contribution in [3.63, 3.8) is 0 Å². The molecule has 0 radical (unpaired) electrons. The minimum Gasteiger partial charge on any atom is -0.480 e. The fraction of sp³-hybridized carbons (Fsp3) is 0.879. The maximum absolute atomic E-state index is 12.3. The fourth-order valence-corrected chi connectivity index (χ4v) is 4.52. The molecule has 0 aromatic heterocycles. The summed E-state index contributed by atoms with van der Waals surface area (Å²) in [5.74, 6) is -1.52. The highest BCUT2D eigenvalue weighted by molar-refractivity contribution is 5.84. The van der Waals surface area contributed by atoms with Crippen LogP contribution in [0.3, 0.4) is 0 Å². The molecule has 8 nitrogen and oxygen atoms in total. The van der Waals surface area contributed by atoms with Gasteiger partial charge in [0, 0.05) is 31.4 Å². The average molecular weight is 583 g/mol. The highest BCUT2D eigenvalue weighted by Crippen LogP contribution is 2.23. The van der Waals surface area contributed by atoms with Crippen molar-refractivity contribution in [2.45, 2.75) is 169 Å². The molecule has 0 aliphatic heterocycles. The first kappa shape index (κ1) is 39.0. The lowest BCUT2D eigenvalue weighted by Gasteiger charge is -2.28. The molecular formula is C33H62N2O6. The van der Waals surface area contributed by atoms with Gasteiger partial charge in [-0.1, -0.05) is 97.8 Å². The third kappa shape index (κ3) is 22.3. The number of carbonyl (C=O) groups excluding carboxylic acids is 3. The summed E-state index contributed by atoms with van der Waals surface area (Å²) in [5.41, 5.74) is -0.891. The molecule has 240 valence electrons. The van der Waals surface area contributed by atoms with Crippen molar-refractivity contribution >= 4 is 23.6 Å². The molecule has 0 saturated carbocycles. The number of nitrogens with one attached hydrogen (secondary N) is 2. The van der Waals surface area contributed by atoms with E-state index in [1.165, 1.54) is 64.2 Å². The molecule has 0 bridgehead atoms. The van der Waals surface area contributed by atoms with Crippen LogP contribution in [0.4, 0.5) is 0 Å². The van der Waals surface area contributed by atoms with Gasteiger partial charge < -0.3 is 20.5 Å². The highest BCUT2D eigenvalue weighted by Gasteiger charge is 2.26. The van der Waals surface area contributed by atoms with Crippen LogP contribution in [-0.2, 0) is 23.9 Å². The Balaban J connectivity index is 4.01. The minimum atomic E-state index is -1.13. The number of carboxylic acids is 1. The van der Waals surface area contributed by atoms with Crippen LogP contribution < -0.4 is 10.6 Å². The molecule has 0 saturated heterocycles. The van der Waals surface area contributed by atoms with Gasteiger partial charge in [0.2, 0.25) is 11.8 Å². The lowest BCUT2D eigenvalue weighted by atomic mass is 9.86. The quantitative estimate of drug-likeness (QED) is 0.0886. The lowest BCUT2D eigenvalue weighted by molar-refractivity contribution is -0.142. The van der Waals surface area contributed by atoms with E-state index in [1.54, 1.807) is 6.92 Å². The maximum atomic E-state index is 12.3. The number of carbonyl (C=O) groups is 4. The Bertz CT molecular complexity index is 750. The molecule has 0 aromatic carbocycles. The number of ether oxygens (including phenoxy) is 1. The molecule has 0 rings (SSSR count). The summed E-state index contributed by atoms with van der Waals surface area (Å²) in [6.07, 6.45) is 17.5. The summed E-state index contributed by atoms with van der Waals surface area (Å²) < 4.78 is 5.93. The Labute approximate surface area is 250 Å². The van der Waals surface area contributed by atoms with Crippen molar-refractivity contribution < 1.29 is 29.0 Å². The molecule has 0 aliphatic rings. The second kappa shape index (κ2) is 22.6. The average Bonchev–Trinajstić information content (AvgIpc) is 2.88. The van der Waals surface area contributed by atoms with Crippen LogP contribution in [0.15, 0.2) is 0 Å². The topological polar surface area (TPSA) is 122 Å². The van der Waals surface area contributed by atoms with Gasteiger partial charge in [0.1, 0.15) is 11.8 Å². The van der Waals surface area contributed by atoms with E-state index in [9.17, 15) is 24.3 Å². The molecular weight excluding hydrogens is 520 g/mol. The number of unbranched alkanes of at least 4 members (excludes halogenated alkanes) is 12. The SMILES string of the molecule is CCCCCCCCCCCCCCCC(=O)NC(CCC(=O)NCCC(C)(C)OCCC(C)(C)C(C)=O)C(=O)O. The zero-order chi connectivity index (χ0) is 31.2. The molecule has 8 heteroatoms. The first-order valence-corrected chi connectivity index (χ1v) is 16.2. The zero-order valence-corrected chi connectivity index (χ0v) is 27.2. The molecule has 2 amide bonds. The van der Waals surface area contributed by atoms with Gasteiger partial charge in [-0.25, -0.2) is 4.79 Å². The number of amides is 2. The van der Waals surface area contributed by atoms with Crippen LogP contribution in [0.25, 0.3) is 0 Å². The summed E-state index contributed by atoms with van der Waals surface area (Å²) in [6.45, 7) is 12.4. The lowest BCUT2D eigenvalue weighted by Crippen LogP contribution is -2.41. The molecule has 0 fully saturated rings. The van der Waals surface area contributed by atoms with Crippen LogP contribution in [0.2, 0.25) is 0 Å². The largest absolute Gasteiger partial charge is 0.480 e. The number of carboxylic acid groups (broad SMARTS) is 1. The van der Waals surface area contributed by atoms with Crippen molar-refractivity contribution in [1.29, 1.82) is 0 Å². The molecule has 1 atom stereocenters. The predicted octanol–water partition coefficient (Wildman–Crippen LogP) is 7.12. The summed E-state index contributed by atoms with van der Waals surface area (Å²) >= 11 is 0. The van der Waals surface area contributed by atoms with Crippen LogP contribution >= 0.6 is 0 Å². The van der Waals surface area contributed by atoms with Gasteiger partial charge in [0.15, 0.2) is 0 Å². The number of Topliss-reactive ketones (excluding diaryl/α,β-unsaturated/α-hetero) is 1. The van der Waals surface area contributed by atoms with Crippen LogP contribution in [0, 0.1) is 5.41 Å². The van der Waals surface area contributed by atoms with E-state index in [0.717, 1.165) is 19.3 Å². The summed E-state index contributed by atoms with van der Waals surface area (Å²) in [4.78, 5) is 47.8. The van der Waals surface area contributed by atoms with Crippen molar-refractivity contribution in [2.75, 3.05) is 13.2 Å². The van der Waals surface area contributed by atoms with Crippen LogP contribution in [0.5, 0.6) is 0 Å². The standard InChI is InChI=1S/C33H62N2O6/c1-7-8-9-10-11-12-13-14-15-16-17-18-19-20-30(38)35-28(31(39)40)21-22-29(37)34-25-23-33(5,6)41-26-24-32(3,4)27(2)36/h28H,7-26H2,1-6H3,(H,34,37)(H,35,38)(H,39,40). The van der Waals surface area contributed by atoms with Crippen molar-refractivity contribution in [2.24, 2.45) is 5.41 Å². The summed E-state index contributed by atoms with van der Waals surface area (Å²) in [6, 6.07) is -1.07. The molecule has 3 N–H and O–H groups in total. The third-order valence-electron chi connectivity index (χ3n) is 8.02. The second-order valence-electron chi connectivity index (χ2n) is 12.9. The van der Waals surface area contributed by atoms with Gasteiger partial charge in [-0.3, -0.25) is 14.4 Å². The Kier molecular flexibility index (Phi) is 21.5. The van der Waals surface area contributed by atoms with Gasteiger partial charge in [0.25, 0.3) is 0 Å². The van der Waals surface area contributed by atoms with E-state index >= 15 is 0 Å². The molecule has 0 heterocycles. The predicted molar refractivity (Wildman–Crippen MR) is 166 cm³/mol. The van der Waals surface area contributed by atoms with Gasteiger partial charge >= 0.3 is 5.97 Å². The number of hydrogen-bond acceptors (Lipinski definition) is 5. The van der Waals surface area contributed by atoms with Gasteiger partial charge in [-0.2, -0.15) is 0 Å². The van der Waals surface area contributed by atoms with Crippen molar-refractivity contribution in [3.05, 3.63) is 0 Å². The maximum Gasteiger partial charge on any atom is 0.326 e. The Morgan fingerprint density at radius 3 is 1.73 bits per heavy atom. The minimum absolute atomic E-state index is 0.0179. The van der Waals surface area contributed by atoms with E-state index in [4.69, 9.17) is 4.74 Å². The monoisotopic (exact) mass is 582 g/mol. The molecule has 0 spiro atoms. The summed E-state index contributed by atoms with van der Waals surface area (Å²) in [5, 5.41) is 14.9. The van der Waals surface area contributed by atoms with E-state index < -0.39 is 23.0 Å². The van der Waals surface area contributed by atoms with Gasteiger partial charge in [-0.05, 0) is 46.5 Å². The van der Waals surface area contributed by atoms with E-state index in [1.807, 2.05) is 27.7 Å². The molecule has 1 unspecified atom stereocenters. The van der Waals surface area contributed by atoms with Gasteiger partial charge in [-0.15, -0.1) is 0 Å². The fourth-order valence-electron chi connectivity index (χ4n) is 4.52. The van der Waals surface area contributed by atoms with Gasteiger partial charge in [0.05, 0.1) is 5.60 Å². The third-order valence-corrected chi connectivity index (χ3v) is 8.02. The second-order valence-corrected chi connectivity index (χ2v) is 12.9. The van der Waals surface area contributed by atoms with E-state index in [-0.39, 0.29) is 30.4 Å². The van der Waals surface area contributed by atoms with E-state index in [0.29, 0.717) is 32.4 Å². The van der Waals surface area contributed by atoms with E-state index in [2.05, 4.69) is 17.6 Å². The van der Waals surface area contributed by atoms with Crippen molar-refractivity contribution in [3.8, 4) is 0 Å². The number of hydrogen-bond donors (Lipinski definition) is 3. The van der Waals surface area contributed by atoms with Crippen LogP contribution in [0.1, 0.15) is 157 Å². The Morgan fingerprint density at radius 1 is 0.732 bits per heavy atom. The Morgan fingerprint density at radius 2 is 1.24 bits per heavy atom. The number of ketones is 1. The van der Waals surface area contributed by atoms with Crippen LogP contribution in [-0.4, -0.2) is 53.5 Å². The first-order chi connectivity index (χ1) is 19.3. The normalized spacial score (nSPS) is 12.6. The smallest absolute Gasteiger partial charge is 0.326 e. The molecule has 0 aliphatic carbocycles.